The Kier molecular flexibility index (Phi) is 2.31. The van der Waals surface area contributed by atoms with E-state index in [0.29, 0.717) is 0 Å². The second-order valence-electron chi connectivity index (χ2n) is 4.93. The van der Waals surface area contributed by atoms with Gasteiger partial charge in [-0.1, -0.05) is 54.6 Å². The van der Waals surface area contributed by atoms with Gasteiger partial charge in [0.2, 0.25) is 0 Å². The van der Waals surface area contributed by atoms with Crippen LogP contribution in [0.2, 0.25) is 0 Å². The highest BCUT2D eigenvalue weighted by Gasteiger charge is 2.16. The number of furan rings is 1. The van der Waals surface area contributed by atoms with Gasteiger partial charge in [-0.05, 0) is 24.5 Å². The molecule has 1 aromatic heterocycles. The first-order chi connectivity index (χ1) is 9.43. The topological polar surface area (TPSA) is 13.1 Å². The number of para-hydroxylation sites is 1. The van der Waals surface area contributed by atoms with Crippen molar-refractivity contribution in [3.05, 3.63) is 65.9 Å². The lowest BCUT2D eigenvalue weighted by molar-refractivity contribution is 0.596. The Hall–Kier alpha value is -2.28. The number of hydrogen-bond acceptors (Lipinski definition) is 1. The Bertz CT molecular complexity index is 763. The van der Waals surface area contributed by atoms with Crippen LogP contribution in [0.4, 0.5) is 0 Å². The zero-order valence-corrected chi connectivity index (χ0v) is 10.6. The molecular weight excluding hydrogens is 232 g/mol. The van der Waals surface area contributed by atoms with Crippen LogP contribution in [0.25, 0.3) is 28.2 Å². The van der Waals surface area contributed by atoms with E-state index in [1.807, 2.05) is 6.07 Å². The van der Waals surface area contributed by atoms with Crippen molar-refractivity contribution < 1.29 is 4.42 Å². The van der Waals surface area contributed by atoms with Crippen molar-refractivity contribution in [2.45, 2.75) is 12.8 Å². The summed E-state index contributed by atoms with van der Waals surface area (Å²) in [6.45, 7) is 0. The fraction of sp³-hybridized carbons (Fsp3) is 0.111. The summed E-state index contributed by atoms with van der Waals surface area (Å²) in [5.74, 6) is 1.03. The maximum atomic E-state index is 6.09. The molecule has 0 N–H and O–H groups in total. The third-order valence-corrected chi connectivity index (χ3v) is 3.76. The molecule has 0 atom stereocenters. The van der Waals surface area contributed by atoms with Crippen molar-refractivity contribution in [3.63, 3.8) is 0 Å². The van der Waals surface area contributed by atoms with E-state index < -0.39 is 0 Å². The zero-order valence-electron chi connectivity index (χ0n) is 10.6. The van der Waals surface area contributed by atoms with Gasteiger partial charge in [0.1, 0.15) is 11.3 Å². The Balaban J connectivity index is 2.03. The quantitative estimate of drug-likeness (QED) is 0.585. The lowest BCUT2D eigenvalue weighted by Crippen LogP contribution is -1.88. The van der Waals surface area contributed by atoms with Crippen LogP contribution in [-0.2, 0) is 6.42 Å². The van der Waals surface area contributed by atoms with Gasteiger partial charge in [0.25, 0.3) is 0 Å². The third-order valence-electron chi connectivity index (χ3n) is 3.76. The van der Waals surface area contributed by atoms with Crippen LogP contribution in [0.3, 0.4) is 0 Å². The smallest absolute Gasteiger partial charge is 0.142 e. The maximum Gasteiger partial charge on any atom is 0.142 e. The number of benzene rings is 2. The Labute approximate surface area is 112 Å². The van der Waals surface area contributed by atoms with Crippen molar-refractivity contribution in [2.75, 3.05) is 0 Å². The molecule has 3 aromatic rings. The predicted octanol–water partition coefficient (Wildman–Crippen LogP) is 5.06. The number of hydrogen-bond donors (Lipinski definition) is 0. The summed E-state index contributed by atoms with van der Waals surface area (Å²) >= 11 is 0. The zero-order chi connectivity index (χ0) is 12.7. The molecule has 0 saturated heterocycles. The Morgan fingerprint density at radius 3 is 2.68 bits per heavy atom. The Morgan fingerprint density at radius 1 is 0.895 bits per heavy atom. The summed E-state index contributed by atoms with van der Waals surface area (Å²) in [5.41, 5.74) is 4.77. The summed E-state index contributed by atoms with van der Waals surface area (Å²) in [6.07, 6.45) is 6.48. The number of rotatable bonds is 1. The molecule has 0 amide bonds. The highest BCUT2D eigenvalue weighted by molar-refractivity contribution is 5.96. The SMILES string of the molecule is C1=Cc2oc3c(-c4ccccc4)cccc3c2CC1. The molecule has 4 rings (SSSR count). The average molecular weight is 246 g/mol. The van der Waals surface area contributed by atoms with Crippen LogP contribution in [0.5, 0.6) is 0 Å². The first kappa shape index (κ1) is 10.6. The van der Waals surface area contributed by atoms with Crippen molar-refractivity contribution >= 4 is 17.0 Å². The first-order valence-electron chi connectivity index (χ1n) is 6.70. The molecule has 1 nitrogen and oxygen atoms in total. The molecule has 1 heterocycles. The summed E-state index contributed by atoms with van der Waals surface area (Å²) in [6, 6.07) is 16.9. The normalized spacial score (nSPS) is 13.7. The van der Waals surface area contributed by atoms with Crippen LogP contribution in [0.15, 0.2) is 59.0 Å². The van der Waals surface area contributed by atoms with Gasteiger partial charge in [0.15, 0.2) is 0 Å². The lowest BCUT2D eigenvalue weighted by atomic mass is 9.98. The number of aryl methyl sites for hydroxylation is 1. The summed E-state index contributed by atoms with van der Waals surface area (Å²) in [4.78, 5) is 0. The van der Waals surface area contributed by atoms with Crippen molar-refractivity contribution in [3.8, 4) is 11.1 Å². The van der Waals surface area contributed by atoms with Crippen molar-refractivity contribution in [1.29, 1.82) is 0 Å². The summed E-state index contributed by atoms with van der Waals surface area (Å²) in [5, 5.41) is 1.26. The molecule has 1 aliphatic carbocycles. The minimum atomic E-state index is 1.02. The standard InChI is InChI=1S/C18H14O/c1-2-7-13(8-3-1)14-10-6-11-16-15-9-4-5-12-17(15)19-18(14)16/h1-3,5-8,10-12H,4,9H2. The minimum Gasteiger partial charge on any atom is -0.456 e. The van der Waals surface area contributed by atoms with Gasteiger partial charge < -0.3 is 4.42 Å². The lowest BCUT2D eigenvalue weighted by Gasteiger charge is -2.03. The van der Waals surface area contributed by atoms with Gasteiger partial charge >= 0.3 is 0 Å². The minimum absolute atomic E-state index is 1.02. The molecule has 0 aliphatic heterocycles. The van der Waals surface area contributed by atoms with Gasteiger partial charge in [0.05, 0.1) is 0 Å². The highest BCUT2D eigenvalue weighted by atomic mass is 16.3. The average Bonchev–Trinajstić information content (AvgIpc) is 2.87. The van der Waals surface area contributed by atoms with Gasteiger partial charge in [0, 0.05) is 16.5 Å². The molecule has 0 unspecified atom stereocenters. The van der Waals surface area contributed by atoms with Crippen LogP contribution >= 0.6 is 0 Å². The van der Waals surface area contributed by atoms with Gasteiger partial charge in [-0.15, -0.1) is 0 Å². The molecule has 0 fully saturated rings. The molecule has 0 spiro atoms. The van der Waals surface area contributed by atoms with E-state index in [-0.39, 0.29) is 0 Å². The fourth-order valence-corrected chi connectivity index (χ4v) is 2.84. The van der Waals surface area contributed by atoms with Crippen LogP contribution in [0.1, 0.15) is 17.7 Å². The number of fused-ring (bicyclic) bond motifs is 3. The second-order valence-corrected chi connectivity index (χ2v) is 4.93. The molecule has 1 heteroatoms. The van der Waals surface area contributed by atoms with Crippen molar-refractivity contribution in [1.82, 2.24) is 0 Å². The maximum absolute atomic E-state index is 6.09. The van der Waals surface area contributed by atoms with Gasteiger partial charge in [-0.25, -0.2) is 0 Å². The van der Waals surface area contributed by atoms with E-state index in [4.69, 9.17) is 4.42 Å². The fourth-order valence-electron chi connectivity index (χ4n) is 2.84. The van der Waals surface area contributed by atoms with Gasteiger partial charge in [-0.3, -0.25) is 0 Å². The Morgan fingerprint density at radius 2 is 1.79 bits per heavy atom. The molecular formula is C18H14O. The predicted molar refractivity (Wildman–Crippen MR) is 79.0 cm³/mol. The molecule has 0 radical (unpaired) electrons. The molecule has 2 aromatic carbocycles. The van der Waals surface area contributed by atoms with Crippen molar-refractivity contribution in [2.24, 2.45) is 0 Å². The molecule has 0 saturated carbocycles. The van der Waals surface area contributed by atoms with E-state index in [1.54, 1.807) is 0 Å². The molecule has 92 valence electrons. The first-order valence-corrected chi connectivity index (χ1v) is 6.70. The summed E-state index contributed by atoms with van der Waals surface area (Å²) < 4.78 is 6.09. The molecule has 0 bridgehead atoms. The largest absolute Gasteiger partial charge is 0.456 e. The van der Waals surface area contributed by atoms with E-state index in [1.165, 1.54) is 22.1 Å². The second kappa shape index (κ2) is 4.13. The van der Waals surface area contributed by atoms with Crippen LogP contribution < -0.4 is 0 Å². The van der Waals surface area contributed by atoms with E-state index >= 15 is 0 Å². The monoisotopic (exact) mass is 246 g/mol. The third kappa shape index (κ3) is 1.62. The molecule has 1 aliphatic rings. The van der Waals surface area contributed by atoms with E-state index in [9.17, 15) is 0 Å². The van der Waals surface area contributed by atoms with Crippen LogP contribution in [0, 0.1) is 0 Å². The van der Waals surface area contributed by atoms with Gasteiger partial charge in [-0.2, -0.15) is 0 Å². The highest BCUT2D eigenvalue weighted by Crippen LogP contribution is 2.36. The van der Waals surface area contributed by atoms with E-state index in [2.05, 4.69) is 54.6 Å². The molecule has 19 heavy (non-hydrogen) atoms. The van der Waals surface area contributed by atoms with E-state index in [0.717, 1.165) is 24.2 Å². The van der Waals surface area contributed by atoms with Crippen LogP contribution in [-0.4, -0.2) is 0 Å². The number of allylic oxidation sites excluding steroid dienone is 1. The summed E-state index contributed by atoms with van der Waals surface area (Å²) in [7, 11) is 0.